The average molecular weight is 166 g/mol. The zero-order valence-electron chi connectivity index (χ0n) is 8.31. The SMILES string of the molecule is CC.CNNc1cccc(C)c1. The number of benzene rings is 1. The molecule has 0 saturated carbocycles. The Bertz CT molecular complexity index is 209. The van der Waals surface area contributed by atoms with E-state index >= 15 is 0 Å². The Morgan fingerprint density at radius 3 is 2.33 bits per heavy atom. The molecule has 12 heavy (non-hydrogen) atoms. The lowest BCUT2D eigenvalue weighted by Gasteiger charge is -2.03. The lowest BCUT2D eigenvalue weighted by molar-refractivity contribution is 0.983. The molecule has 0 saturated heterocycles. The van der Waals surface area contributed by atoms with Gasteiger partial charge in [0.05, 0.1) is 0 Å². The van der Waals surface area contributed by atoms with E-state index in [0.717, 1.165) is 5.69 Å². The van der Waals surface area contributed by atoms with E-state index in [2.05, 4.69) is 29.9 Å². The monoisotopic (exact) mass is 166 g/mol. The number of anilines is 1. The zero-order chi connectivity index (χ0) is 9.40. The van der Waals surface area contributed by atoms with E-state index in [1.165, 1.54) is 5.56 Å². The quantitative estimate of drug-likeness (QED) is 0.660. The van der Waals surface area contributed by atoms with Gasteiger partial charge in [-0.15, -0.1) is 0 Å². The maximum absolute atomic E-state index is 3.00. The minimum absolute atomic E-state index is 1.10. The van der Waals surface area contributed by atoms with Gasteiger partial charge in [-0.05, 0) is 24.6 Å². The molecule has 0 spiro atoms. The van der Waals surface area contributed by atoms with Crippen LogP contribution in [0.1, 0.15) is 19.4 Å². The Morgan fingerprint density at radius 2 is 1.83 bits per heavy atom. The van der Waals surface area contributed by atoms with Gasteiger partial charge in [-0.3, -0.25) is 0 Å². The van der Waals surface area contributed by atoms with Crippen molar-refractivity contribution in [2.24, 2.45) is 0 Å². The Labute approximate surface area is 75.0 Å². The van der Waals surface area contributed by atoms with Crippen LogP contribution in [0.3, 0.4) is 0 Å². The molecule has 0 atom stereocenters. The fourth-order valence-corrected chi connectivity index (χ4v) is 0.867. The van der Waals surface area contributed by atoms with Gasteiger partial charge in [0, 0.05) is 12.7 Å². The van der Waals surface area contributed by atoms with E-state index in [1.54, 1.807) is 0 Å². The molecule has 0 aliphatic heterocycles. The fraction of sp³-hybridized carbons (Fsp3) is 0.400. The normalized spacial score (nSPS) is 8.33. The molecule has 1 aromatic carbocycles. The van der Waals surface area contributed by atoms with Gasteiger partial charge >= 0.3 is 0 Å². The standard InChI is InChI=1S/C8H12N2.C2H6/c1-7-4-3-5-8(6-7)10-9-2;1-2/h3-6,9-10H,1-2H3;1-2H3. The van der Waals surface area contributed by atoms with Crippen LogP contribution in [0.5, 0.6) is 0 Å². The Balaban J connectivity index is 0.000000561. The van der Waals surface area contributed by atoms with E-state index < -0.39 is 0 Å². The summed E-state index contributed by atoms with van der Waals surface area (Å²) in [4.78, 5) is 0. The molecule has 0 radical (unpaired) electrons. The summed E-state index contributed by atoms with van der Waals surface area (Å²) >= 11 is 0. The molecule has 0 aliphatic carbocycles. The first kappa shape index (κ1) is 11.0. The molecule has 2 nitrogen and oxygen atoms in total. The Hall–Kier alpha value is -1.02. The fourth-order valence-electron chi connectivity index (χ4n) is 0.867. The smallest absolute Gasteiger partial charge is 0.0490 e. The third-order valence-electron chi connectivity index (χ3n) is 1.29. The van der Waals surface area contributed by atoms with Crippen LogP contribution in [0.25, 0.3) is 0 Å². The highest BCUT2D eigenvalue weighted by atomic mass is 15.3. The van der Waals surface area contributed by atoms with Crippen molar-refractivity contribution in [3.05, 3.63) is 29.8 Å². The van der Waals surface area contributed by atoms with Crippen LogP contribution in [-0.4, -0.2) is 7.05 Å². The van der Waals surface area contributed by atoms with Gasteiger partial charge in [0.15, 0.2) is 0 Å². The molecule has 1 aromatic rings. The predicted molar refractivity (Wildman–Crippen MR) is 55.2 cm³/mol. The molecule has 0 aliphatic rings. The van der Waals surface area contributed by atoms with Gasteiger partial charge in [0.1, 0.15) is 0 Å². The lowest BCUT2D eigenvalue weighted by atomic mass is 10.2. The zero-order valence-corrected chi connectivity index (χ0v) is 8.31. The van der Waals surface area contributed by atoms with Crippen LogP contribution >= 0.6 is 0 Å². The first-order valence-corrected chi connectivity index (χ1v) is 4.32. The maximum atomic E-state index is 3.00. The largest absolute Gasteiger partial charge is 0.322 e. The first-order chi connectivity index (χ1) is 5.83. The van der Waals surface area contributed by atoms with Crippen molar-refractivity contribution < 1.29 is 0 Å². The van der Waals surface area contributed by atoms with E-state index in [4.69, 9.17) is 0 Å². The summed E-state index contributed by atoms with van der Waals surface area (Å²) in [6.07, 6.45) is 0. The third kappa shape index (κ3) is 3.98. The van der Waals surface area contributed by atoms with Crippen LogP contribution in [-0.2, 0) is 0 Å². The molecule has 0 unspecified atom stereocenters. The predicted octanol–water partition coefficient (Wildman–Crippen LogP) is 2.57. The summed E-state index contributed by atoms with van der Waals surface area (Å²) in [5.74, 6) is 0. The van der Waals surface area contributed by atoms with Gasteiger partial charge in [0.25, 0.3) is 0 Å². The summed E-state index contributed by atoms with van der Waals surface area (Å²) in [5, 5.41) is 0. The van der Waals surface area contributed by atoms with E-state index in [9.17, 15) is 0 Å². The molecule has 0 amide bonds. The van der Waals surface area contributed by atoms with Crippen LogP contribution < -0.4 is 10.9 Å². The number of hydrogen-bond donors (Lipinski definition) is 2. The second-order valence-corrected chi connectivity index (χ2v) is 2.24. The second kappa shape index (κ2) is 6.68. The Morgan fingerprint density at radius 1 is 1.17 bits per heavy atom. The van der Waals surface area contributed by atoms with Crippen molar-refractivity contribution in [1.82, 2.24) is 5.43 Å². The van der Waals surface area contributed by atoms with Crippen molar-refractivity contribution in [3.63, 3.8) is 0 Å². The number of rotatable bonds is 2. The van der Waals surface area contributed by atoms with Gasteiger partial charge < -0.3 is 5.43 Å². The van der Waals surface area contributed by atoms with Crippen molar-refractivity contribution in [1.29, 1.82) is 0 Å². The average Bonchev–Trinajstić information content (AvgIpc) is 2.09. The van der Waals surface area contributed by atoms with E-state index in [0.29, 0.717) is 0 Å². The number of hydrogen-bond acceptors (Lipinski definition) is 2. The molecule has 68 valence electrons. The van der Waals surface area contributed by atoms with Gasteiger partial charge in [-0.25, -0.2) is 5.43 Å². The summed E-state index contributed by atoms with van der Waals surface area (Å²) in [7, 11) is 1.85. The van der Waals surface area contributed by atoms with Gasteiger partial charge in [0.2, 0.25) is 0 Å². The highest BCUT2D eigenvalue weighted by Crippen LogP contribution is 2.07. The van der Waals surface area contributed by atoms with Crippen molar-refractivity contribution in [3.8, 4) is 0 Å². The molecule has 0 fully saturated rings. The van der Waals surface area contributed by atoms with Gasteiger partial charge in [-0.2, -0.15) is 0 Å². The summed E-state index contributed by atoms with van der Waals surface area (Å²) in [6.45, 7) is 6.07. The van der Waals surface area contributed by atoms with Crippen LogP contribution in [0.4, 0.5) is 5.69 Å². The third-order valence-corrected chi connectivity index (χ3v) is 1.29. The minimum atomic E-state index is 1.10. The molecule has 0 bridgehead atoms. The van der Waals surface area contributed by atoms with Crippen LogP contribution in [0.2, 0.25) is 0 Å². The summed E-state index contributed by atoms with van der Waals surface area (Å²) < 4.78 is 0. The van der Waals surface area contributed by atoms with Gasteiger partial charge in [-0.1, -0.05) is 26.0 Å². The molecule has 0 aromatic heterocycles. The topological polar surface area (TPSA) is 24.1 Å². The lowest BCUT2D eigenvalue weighted by Crippen LogP contribution is -2.14. The molecule has 2 heteroatoms. The number of aryl methyl sites for hydroxylation is 1. The molecular formula is C10H18N2. The van der Waals surface area contributed by atoms with Crippen molar-refractivity contribution in [2.45, 2.75) is 20.8 Å². The number of hydrazine groups is 1. The molecule has 2 N–H and O–H groups in total. The van der Waals surface area contributed by atoms with E-state index in [-0.39, 0.29) is 0 Å². The first-order valence-electron chi connectivity index (χ1n) is 4.32. The highest BCUT2D eigenvalue weighted by molar-refractivity contribution is 5.44. The number of nitrogens with one attached hydrogen (secondary N) is 2. The molecular weight excluding hydrogens is 148 g/mol. The molecule has 1 rings (SSSR count). The van der Waals surface area contributed by atoms with E-state index in [1.807, 2.05) is 33.0 Å². The van der Waals surface area contributed by atoms with Crippen LogP contribution in [0.15, 0.2) is 24.3 Å². The maximum Gasteiger partial charge on any atom is 0.0490 e. The van der Waals surface area contributed by atoms with Crippen molar-refractivity contribution >= 4 is 5.69 Å². The summed E-state index contributed by atoms with van der Waals surface area (Å²) in [5.41, 5.74) is 8.22. The second-order valence-electron chi connectivity index (χ2n) is 2.24. The molecule has 0 heterocycles. The highest BCUT2D eigenvalue weighted by Gasteiger charge is 1.86. The summed E-state index contributed by atoms with van der Waals surface area (Å²) in [6, 6.07) is 8.19. The van der Waals surface area contributed by atoms with Crippen LogP contribution in [0, 0.1) is 6.92 Å². The Kier molecular flexibility index (Phi) is 6.11. The minimum Gasteiger partial charge on any atom is -0.322 e. The van der Waals surface area contributed by atoms with Crippen molar-refractivity contribution in [2.75, 3.05) is 12.5 Å².